The normalized spacial score (nSPS) is 23.5. The van der Waals surface area contributed by atoms with Gasteiger partial charge in [0.1, 0.15) is 11.8 Å². The van der Waals surface area contributed by atoms with Crippen LogP contribution in [0.15, 0.2) is 12.1 Å². The lowest BCUT2D eigenvalue weighted by Crippen LogP contribution is -2.42. The molecule has 0 aliphatic carbocycles. The van der Waals surface area contributed by atoms with E-state index in [0.717, 1.165) is 28.0 Å². The van der Waals surface area contributed by atoms with Crippen molar-refractivity contribution in [3.8, 4) is 17.6 Å². The number of carbonyl (C=O) groups is 1. The van der Waals surface area contributed by atoms with Crippen molar-refractivity contribution in [1.82, 2.24) is 10.3 Å². The number of amides is 2. The van der Waals surface area contributed by atoms with E-state index < -0.39 is 18.2 Å². The monoisotopic (exact) mass is 343 g/mol. The first-order chi connectivity index (χ1) is 11.6. The first-order valence-corrected chi connectivity index (χ1v) is 8.67. The van der Waals surface area contributed by atoms with Crippen LogP contribution in [0, 0.1) is 11.8 Å². The van der Waals surface area contributed by atoms with Crippen LogP contribution in [0.5, 0.6) is 5.75 Å². The summed E-state index contributed by atoms with van der Waals surface area (Å²) in [5.41, 5.74) is 1.99. The van der Waals surface area contributed by atoms with Crippen molar-refractivity contribution >= 4 is 32.7 Å². The van der Waals surface area contributed by atoms with Gasteiger partial charge in [-0.3, -0.25) is 4.90 Å². The van der Waals surface area contributed by atoms with Gasteiger partial charge in [-0.25, -0.2) is 9.78 Å². The van der Waals surface area contributed by atoms with E-state index in [1.807, 2.05) is 12.1 Å². The highest BCUT2D eigenvalue weighted by Crippen LogP contribution is 2.39. The van der Waals surface area contributed by atoms with Crippen molar-refractivity contribution < 1.29 is 14.6 Å². The molecule has 0 bridgehead atoms. The molecule has 3 heterocycles. The Morgan fingerprint density at radius 2 is 2.38 bits per heavy atom. The van der Waals surface area contributed by atoms with E-state index in [9.17, 15) is 9.90 Å². The minimum atomic E-state index is -0.697. The van der Waals surface area contributed by atoms with Gasteiger partial charge in [0.15, 0.2) is 5.13 Å². The number of nitrogens with one attached hydrogen (secondary N) is 1. The molecule has 0 saturated carbocycles. The number of aromatic nitrogens is 1. The van der Waals surface area contributed by atoms with Crippen LogP contribution >= 0.6 is 11.3 Å². The Hall–Kier alpha value is -2.30. The van der Waals surface area contributed by atoms with Gasteiger partial charge in [-0.15, -0.1) is 5.92 Å². The third kappa shape index (κ3) is 2.22. The lowest BCUT2D eigenvalue weighted by molar-refractivity contribution is 0.153. The number of ether oxygens (including phenoxy) is 1. The summed E-state index contributed by atoms with van der Waals surface area (Å²) in [6, 6.07) is 2.78. The second-order valence-corrected chi connectivity index (χ2v) is 6.92. The van der Waals surface area contributed by atoms with Gasteiger partial charge in [-0.2, -0.15) is 0 Å². The fraction of sp³-hybridized carbons (Fsp3) is 0.412. The number of hydrogen-bond acceptors (Lipinski definition) is 5. The number of aliphatic hydroxyl groups excluding tert-OH is 1. The number of thiazole rings is 1. The summed E-state index contributed by atoms with van der Waals surface area (Å²) in [4.78, 5) is 18.7. The summed E-state index contributed by atoms with van der Waals surface area (Å²) in [5.74, 6) is 6.75. The summed E-state index contributed by atoms with van der Waals surface area (Å²) >= 11 is 1.46. The number of fused-ring (bicyclic) bond motifs is 3. The van der Waals surface area contributed by atoms with E-state index in [4.69, 9.17) is 9.72 Å². The predicted molar refractivity (Wildman–Crippen MR) is 92.5 cm³/mol. The largest absolute Gasteiger partial charge is 0.493 e. The van der Waals surface area contributed by atoms with E-state index in [-0.39, 0.29) is 6.03 Å². The van der Waals surface area contributed by atoms with Crippen molar-refractivity contribution in [2.24, 2.45) is 0 Å². The highest BCUT2D eigenvalue weighted by Gasteiger charge is 2.43. The Kier molecular flexibility index (Phi) is 3.59. The van der Waals surface area contributed by atoms with Crippen LogP contribution in [0.1, 0.15) is 19.4 Å². The zero-order valence-electron chi connectivity index (χ0n) is 13.4. The van der Waals surface area contributed by atoms with Gasteiger partial charge in [0.05, 0.1) is 29.0 Å². The fourth-order valence-electron chi connectivity index (χ4n) is 3.23. The van der Waals surface area contributed by atoms with Gasteiger partial charge in [0.25, 0.3) is 0 Å². The quantitative estimate of drug-likeness (QED) is 0.817. The first-order valence-electron chi connectivity index (χ1n) is 7.85. The highest BCUT2D eigenvalue weighted by atomic mass is 32.1. The standard InChI is InChI=1S/C17H17N3O3S/c1-3-4-11-14(9(2)21)18-16(22)20(11)17-19-15-10-7-8-23-12(10)5-6-13(15)24-17/h5-6,9,11,14,21H,7-8H2,1-2H3,(H,18,22)/t9?,11-,14?/m1/s1. The van der Waals surface area contributed by atoms with Crippen molar-refractivity contribution in [2.45, 2.75) is 38.5 Å². The molecule has 0 radical (unpaired) electrons. The molecular weight excluding hydrogens is 326 g/mol. The van der Waals surface area contributed by atoms with E-state index in [2.05, 4.69) is 17.2 Å². The molecule has 2 unspecified atom stereocenters. The summed E-state index contributed by atoms with van der Waals surface area (Å²) in [6.07, 6.45) is 0.133. The Morgan fingerprint density at radius 1 is 1.54 bits per heavy atom. The zero-order chi connectivity index (χ0) is 16.8. The molecule has 2 N–H and O–H groups in total. The number of urea groups is 1. The summed E-state index contributed by atoms with van der Waals surface area (Å²) in [6.45, 7) is 4.05. The lowest BCUT2D eigenvalue weighted by atomic mass is 10.1. The van der Waals surface area contributed by atoms with Crippen molar-refractivity contribution in [2.75, 3.05) is 11.5 Å². The maximum Gasteiger partial charge on any atom is 0.325 e. The average Bonchev–Trinajstić information content (AvgIpc) is 3.22. The minimum Gasteiger partial charge on any atom is -0.493 e. The molecule has 1 aromatic carbocycles. The van der Waals surface area contributed by atoms with E-state index in [1.165, 1.54) is 11.3 Å². The number of carbonyl (C=O) groups excluding carboxylic acids is 1. The molecular formula is C17H17N3O3S. The summed E-state index contributed by atoms with van der Waals surface area (Å²) < 4.78 is 6.61. The smallest absolute Gasteiger partial charge is 0.325 e. The highest BCUT2D eigenvalue weighted by molar-refractivity contribution is 7.22. The lowest BCUT2D eigenvalue weighted by Gasteiger charge is -2.21. The molecule has 6 nitrogen and oxygen atoms in total. The summed E-state index contributed by atoms with van der Waals surface area (Å²) in [7, 11) is 0. The third-order valence-electron chi connectivity index (χ3n) is 4.37. The van der Waals surface area contributed by atoms with Crippen molar-refractivity contribution in [3.63, 3.8) is 0 Å². The van der Waals surface area contributed by atoms with E-state index in [0.29, 0.717) is 11.7 Å². The molecule has 1 saturated heterocycles. The van der Waals surface area contributed by atoms with Crippen molar-refractivity contribution in [1.29, 1.82) is 0 Å². The molecule has 7 heteroatoms. The van der Waals surface area contributed by atoms with Gasteiger partial charge in [-0.1, -0.05) is 17.3 Å². The van der Waals surface area contributed by atoms with Gasteiger partial charge in [-0.05, 0) is 26.0 Å². The number of hydrogen-bond donors (Lipinski definition) is 2. The molecule has 4 rings (SSSR count). The Balaban J connectivity index is 1.80. The second kappa shape index (κ2) is 5.65. The number of nitrogens with zero attached hydrogens (tertiary/aromatic N) is 2. The van der Waals surface area contributed by atoms with Gasteiger partial charge in [0, 0.05) is 12.0 Å². The fourth-order valence-corrected chi connectivity index (χ4v) is 4.26. The number of rotatable bonds is 2. The minimum absolute atomic E-state index is 0.277. The molecule has 3 atom stereocenters. The first kappa shape index (κ1) is 15.2. The molecule has 0 spiro atoms. The Labute approximate surface area is 143 Å². The van der Waals surface area contributed by atoms with Crippen LogP contribution in [0.4, 0.5) is 9.93 Å². The van der Waals surface area contributed by atoms with Crippen molar-refractivity contribution in [3.05, 3.63) is 17.7 Å². The SMILES string of the molecule is CC#C[C@@H]1C(C(C)O)NC(=O)N1c1nc2c3c(ccc2s1)OCC3. The number of aliphatic hydroxyl groups is 1. The molecule has 2 aliphatic rings. The van der Waals surface area contributed by atoms with E-state index in [1.54, 1.807) is 18.7 Å². The number of anilines is 1. The van der Waals surface area contributed by atoms with Gasteiger partial charge < -0.3 is 15.2 Å². The average molecular weight is 343 g/mol. The molecule has 1 aromatic heterocycles. The molecule has 24 heavy (non-hydrogen) atoms. The second-order valence-electron chi connectivity index (χ2n) is 5.91. The van der Waals surface area contributed by atoms with Gasteiger partial charge >= 0.3 is 6.03 Å². The van der Waals surface area contributed by atoms with Gasteiger partial charge in [0.2, 0.25) is 0 Å². The summed E-state index contributed by atoms with van der Waals surface area (Å²) in [5, 5.41) is 13.4. The van der Waals surface area contributed by atoms with E-state index >= 15 is 0 Å². The molecule has 2 aromatic rings. The molecule has 124 valence electrons. The maximum atomic E-state index is 12.5. The van der Waals surface area contributed by atoms with Crippen LogP contribution in [0.25, 0.3) is 10.2 Å². The maximum absolute atomic E-state index is 12.5. The van der Waals surface area contributed by atoms with Crippen LogP contribution in [-0.4, -0.2) is 40.9 Å². The van der Waals surface area contributed by atoms with Crippen LogP contribution < -0.4 is 15.0 Å². The Morgan fingerprint density at radius 3 is 3.12 bits per heavy atom. The Bertz CT molecular complexity index is 880. The van der Waals surface area contributed by atoms with Crippen LogP contribution in [0.2, 0.25) is 0 Å². The zero-order valence-corrected chi connectivity index (χ0v) is 14.2. The molecule has 1 fully saturated rings. The molecule has 2 amide bonds. The molecule has 2 aliphatic heterocycles. The van der Waals surface area contributed by atoms with Crippen LogP contribution in [0.3, 0.4) is 0 Å². The van der Waals surface area contributed by atoms with Crippen LogP contribution in [-0.2, 0) is 6.42 Å². The third-order valence-corrected chi connectivity index (χ3v) is 5.39. The predicted octanol–water partition coefficient (Wildman–Crippen LogP) is 1.90. The topological polar surface area (TPSA) is 74.7 Å². The number of benzene rings is 1.